The van der Waals surface area contributed by atoms with Crippen LogP contribution < -0.4 is 0 Å². The van der Waals surface area contributed by atoms with Crippen molar-refractivity contribution in [2.24, 2.45) is 56.2 Å². The highest BCUT2D eigenvalue weighted by Crippen LogP contribution is 2.78. The topological polar surface area (TPSA) is 54.4 Å². The zero-order valence-corrected chi connectivity index (χ0v) is 22.1. The van der Waals surface area contributed by atoms with Crippen molar-refractivity contribution in [3.63, 3.8) is 0 Å². The van der Waals surface area contributed by atoms with Gasteiger partial charge in [-0.25, -0.2) is 0 Å². The molecule has 0 bridgehead atoms. The third-order valence-electron chi connectivity index (χ3n) is 13.8. The monoisotopic (exact) mass is 456 g/mol. The van der Waals surface area contributed by atoms with Gasteiger partial charge in [0.1, 0.15) is 12.1 Å². The van der Waals surface area contributed by atoms with E-state index in [-0.39, 0.29) is 45.0 Å². The Morgan fingerprint density at radius 3 is 2.12 bits per heavy atom. The third kappa shape index (κ3) is 2.84. The predicted octanol–water partition coefficient (Wildman–Crippen LogP) is 6.61. The first kappa shape index (κ1) is 24.0. The Balaban J connectivity index is 1.56. The van der Waals surface area contributed by atoms with E-state index in [1.165, 1.54) is 32.0 Å². The zero-order valence-electron chi connectivity index (χ0n) is 22.1. The molecule has 33 heavy (non-hydrogen) atoms. The zero-order chi connectivity index (χ0) is 24.1. The van der Waals surface area contributed by atoms with E-state index in [1.807, 2.05) is 0 Å². The number of hydrogen-bond acceptors (Lipinski definition) is 3. The highest BCUT2D eigenvalue weighted by molar-refractivity contribution is 5.82. The molecular formula is C30H48O3. The number of aliphatic hydroxyl groups excluding tert-OH is 1. The maximum Gasteiger partial charge on any atom is 0.136 e. The van der Waals surface area contributed by atoms with Gasteiger partial charge in [-0.05, 0) is 109 Å². The van der Waals surface area contributed by atoms with Gasteiger partial charge in [-0.15, -0.1) is 0 Å². The van der Waals surface area contributed by atoms with Crippen LogP contribution in [-0.4, -0.2) is 23.8 Å². The lowest BCUT2D eigenvalue weighted by Crippen LogP contribution is -2.68. The molecule has 5 aliphatic rings. The molecule has 0 radical (unpaired) electrons. The van der Waals surface area contributed by atoms with Crippen molar-refractivity contribution in [2.45, 2.75) is 112 Å². The molecular weight excluding hydrogens is 408 g/mol. The van der Waals surface area contributed by atoms with E-state index < -0.39 is 0 Å². The number of fused-ring (bicyclic) bond motifs is 7. The largest absolute Gasteiger partial charge is 0.396 e. The minimum atomic E-state index is -0.189. The van der Waals surface area contributed by atoms with Crippen molar-refractivity contribution in [3.8, 4) is 0 Å². The van der Waals surface area contributed by atoms with Gasteiger partial charge in [0.25, 0.3) is 0 Å². The average molecular weight is 457 g/mol. The van der Waals surface area contributed by atoms with Crippen LogP contribution in [0.3, 0.4) is 0 Å². The van der Waals surface area contributed by atoms with Crippen LogP contribution in [0.5, 0.6) is 0 Å². The van der Waals surface area contributed by atoms with E-state index >= 15 is 0 Å². The molecule has 5 saturated carbocycles. The summed E-state index contributed by atoms with van der Waals surface area (Å²) in [6.45, 7) is 14.8. The van der Waals surface area contributed by atoms with E-state index in [1.54, 1.807) is 0 Å². The summed E-state index contributed by atoms with van der Waals surface area (Å²) in [5.74, 6) is 2.34. The van der Waals surface area contributed by atoms with Crippen LogP contribution in [0.15, 0.2) is 0 Å². The molecule has 0 heterocycles. The highest BCUT2D eigenvalue weighted by atomic mass is 16.3. The first-order chi connectivity index (χ1) is 15.3. The fourth-order valence-electron chi connectivity index (χ4n) is 11.1. The summed E-state index contributed by atoms with van der Waals surface area (Å²) in [7, 11) is 0. The van der Waals surface area contributed by atoms with Crippen LogP contribution >= 0.6 is 0 Å². The van der Waals surface area contributed by atoms with Gasteiger partial charge in [0.05, 0.1) is 0 Å². The summed E-state index contributed by atoms with van der Waals surface area (Å²) < 4.78 is 0. The molecule has 5 fully saturated rings. The molecule has 3 heteroatoms. The van der Waals surface area contributed by atoms with Crippen LogP contribution in [0.4, 0.5) is 0 Å². The molecule has 3 nitrogen and oxygen atoms in total. The van der Waals surface area contributed by atoms with Gasteiger partial charge in [0.15, 0.2) is 0 Å². The lowest BCUT2D eigenvalue weighted by molar-refractivity contribution is -0.255. The Kier molecular flexibility index (Phi) is 5.22. The molecule has 1 N–H and O–H groups in total. The molecule has 10 unspecified atom stereocenters. The number of ketones is 1. The van der Waals surface area contributed by atoms with Gasteiger partial charge in [-0.2, -0.15) is 0 Å². The standard InChI is InChI=1S/C30H48O3/c1-20-21(33)7-8-22-26(20,3)10-9-23-27(22,4)12-13-29(6)24-17-25(2,18-31)11-15-30(24,19-32)16-14-28(23,29)5/h19-20,22-24,31H,7-18H2,1-6H3. The second-order valence-corrected chi connectivity index (χ2v) is 14.8. The third-order valence-corrected chi connectivity index (χ3v) is 13.8. The van der Waals surface area contributed by atoms with Crippen molar-refractivity contribution in [3.05, 3.63) is 0 Å². The van der Waals surface area contributed by atoms with Gasteiger partial charge in [-0.3, -0.25) is 4.79 Å². The molecule has 0 amide bonds. The smallest absolute Gasteiger partial charge is 0.136 e. The SMILES string of the molecule is CC1C(=O)CCC2C1(C)CCC1C2(C)CCC2(C)C3CC(C)(CO)CCC3(C=O)CCC12C. The highest BCUT2D eigenvalue weighted by Gasteiger charge is 2.71. The summed E-state index contributed by atoms with van der Waals surface area (Å²) in [4.78, 5) is 25.4. The van der Waals surface area contributed by atoms with Gasteiger partial charge in [0, 0.05) is 24.4 Å². The number of aliphatic hydroxyl groups is 1. The number of carbonyl (C=O) groups is 2. The summed E-state index contributed by atoms with van der Waals surface area (Å²) in [6.07, 6.45) is 13.1. The Morgan fingerprint density at radius 1 is 0.818 bits per heavy atom. The molecule has 0 aliphatic heterocycles. The lowest BCUT2D eigenvalue weighted by Gasteiger charge is -2.74. The van der Waals surface area contributed by atoms with Crippen molar-refractivity contribution in [2.75, 3.05) is 6.61 Å². The number of aldehydes is 1. The first-order valence-corrected chi connectivity index (χ1v) is 13.9. The molecule has 0 aromatic carbocycles. The van der Waals surface area contributed by atoms with Crippen LogP contribution in [0.1, 0.15) is 112 Å². The second kappa shape index (κ2) is 7.17. The van der Waals surface area contributed by atoms with Gasteiger partial charge in [-0.1, -0.05) is 41.5 Å². The minimum absolute atomic E-state index is 0.0521. The van der Waals surface area contributed by atoms with Crippen LogP contribution in [0.2, 0.25) is 0 Å². The maximum atomic E-state index is 12.7. The van der Waals surface area contributed by atoms with Gasteiger partial charge < -0.3 is 9.90 Å². The van der Waals surface area contributed by atoms with Crippen molar-refractivity contribution in [1.29, 1.82) is 0 Å². The molecule has 5 rings (SSSR count). The first-order valence-electron chi connectivity index (χ1n) is 13.9. The van der Waals surface area contributed by atoms with E-state index in [0.717, 1.165) is 44.9 Å². The van der Waals surface area contributed by atoms with Crippen molar-refractivity contribution >= 4 is 12.1 Å². The van der Waals surface area contributed by atoms with E-state index in [2.05, 4.69) is 41.5 Å². The number of Topliss-reactive ketones (excluding diaryl/α,β-unsaturated/α-hetero) is 1. The lowest BCUT2D eigenvalue weighted by atomic mass is 9.30. The summed E-state index contributed by atoms with van der Waals surface area (Å²) in [5, 5.41) is 10.3. The number of carbonyl (C=O) groups excluding carboxylic acids is 2. The summed E-state index contributed by atoms with van der Waals surface area (Å²) >= 11 is 0. The van der Waals surface area contributed by atoms with Crippen LogP contribution in [-0.2, 0) is 9.59 Å². The van der Waals surface area contributed by atoms with E-state index in [9.17, 15) is 14.7 Å². The molecule has 0 spiro atoms. The molecule has 5 aliphatic carbocycles. The molecule has 10 atom stereocenters. The fraction of sp³-hybridized carbons (Fsp3) is 0.933. The normalized spacial score (nSPS) is 58.5. The number of hydrogen-bond donors (Lipinski definition) is 1. The molecule has 0 aromatic rings. The minimum Gasteiger partial charge on any atom is -0.396 e. The fourth-order valence-corrected chi connectivity index (χ4v) is 11.1. The van der Waals surface area contributed by atoms with E-state index in [4.69, 9.17) is 0 Å². The Bertz CT molecular complexity index is 851. The summed E-state index contributed by atoms with van der Waals surface area (Å²) in [5.41, 5.74) is 0.543. The van der Waals surface area contributed by atoms with Gasteiger partial charge >= 0.3 is 0 Å². The van der Waals surface area contributed by atoms with Gasteiger partial charge in [0.2, 0.25) is 0 Å². The van der Waals surface area contributed by atoms with Crippen molar-refractivity contribution in [1.82, 2.24) is 0 Å². The van der Waals surface area contributed by atoms with Crippen molar-refractivity contribution < 1.29 is 14.7 Å². The second-order valence-electron chi connectivity index (χ2n) is 14.8. The average Bonchev–Trinajstić information content (AvgIpc) is 2.79. The van der Waals surface area contributed by atoms with Crippen LogP contribution in [0.25, 0.3) is 0 Å². The Labute approximate surface area is 201 Å². The molecule has 0 saturated heterocycles. The van der Waals surface area contributed by atoms with E-state index in [0.29, 0.717) is 23.5 Å². The Morgan fingerprint density at radius 2 is 1.45 bits per heavy atom. The predicted molar refractivity (Wildman–Crippen MR) is 132 cm³/mol. The maximum absolute atomic E-state index is 12.7. The molecule has 186 valence electrons. The molecule has 0 aromatic heterocycles. The number of rotatable bonds is 2. The Hall–Kier alpha value is -0.700. The summed E-state index contributed by atoms with van der Waals surface area (Å²) in [6, 6.07) is 0. The quantitative estimate of drug-likeness (QED) is 0.476. The van der Waals surface area contributed by atoms with Crippen LogP contribution in [0, 0.1) is 56.2 Å².